The van der Waals surface area contributed by atoms with Crippen LogP contribution in [0.3, 0.4) is 0 Å². The van der Waals surface area contributed by atoms with Crippen molar-refractivity contribution < 1.29 is 19.1 Å². The highest BCUT2D eigenvalue weighted by Crippen LogP contribution is 2.08. The van der Waals surface area contributed by atoms with Gasteiger partial charge in [-0.2, -0.15) is 5.26 Å². The van der Waals surface area contributed by atoms with Gasteiger partial charge < -0.3 is 21.1 Å². The lowest BCUT2D eigenvalue weighted by atomic mass is 10.0. The van der Waals surface area contributed by atoms with Gasteiger partial charge >= 0.3 is 6.09 Å². The van der Waals surface area contributed by atoms with E-state index in [2.05, 4.69) is 10.6 Å². The van der Waals surface area contributed by atoms with Gasteiger partial charge in [0.1, 0.15) is 12.6 Å². The summed E-state index contributed by atoms with van der Waals surface area (Å²) in [4.78, 5) is 35.6. The molecule has 0 unspecified atom stereocenters. The van der Waals surface area contributed by atoms with Crippen LogP contribution in [0.4, 0.5) is 4.79 Å². The highest BCUT2D eigenvalue weighted by atomic mass is 16.5. The summed E-state index contributed by atoms with van der Waals surface area (Å²) in [6.07, 6.45) is 2.05. The molecule has 8 heteroatoms. The number of ether oxygens (including phenoxy) is 1. The molecule has 0 heterocycles. The second-order valence-corrected chi connectivity index (χ2v) is 7.34. The molecule has 2 aromatic carbocycles. The molecule has 0 aliphatic carbocycles. The second kappa shape index (κ2) is 13.4. The molecule has 0 saturated heterocycles. The highest BCUT2D eigenvalue weighted by Gasteiger charge is 2.18. The average molecular weight is 437 g/mol. The number of rotatable bonds is 12. The fourth-order valence-electron chi connectivity index (χ4n) is 3.04. The first-order valence-electron chi connectivity index (χ1n) is 10.5. The smallest absolute Gasteiger partial charge is 0.407 e. The van der Waals surface area contributed by atoms with E-state index < -0.39 is 18.0 Å². The summed E-state index contributed by atoms with van der Waals surface area (Å²) in [5, 5.41) is 14.3. The van der Waals surface area contributed by atoms with Crippen LogP contribution in [0, 0.1) is 11.3 Å². The van der Waals surface area contributed by atoms with E-state index in [9.17, 15) is 14.4 Å². The minimum absolute atomic E-state index is 0.217. The zero-order valence-electron chi connectivity index (χ0n) is 17.9. The van der Waals surface area contributed by atoms with Gasteiger partial charge in [0.25, 0.3) is 0 Å². The average Bonchev–Trinajstić information content (AvgIpc) is 2.80. The number of carbonyl (C=O) groups excluding carboxylic acids is 3. The van der Waals surface area contributed by atoms with Crippen molar-refractivity contribution in [2.24, 2.45) is 5.73 Å². The van der Waals surface area contributed by atoms with Gasteiger partial charge in [-0.05, 0) is 36.1 Å². The topological polar surface area (TPSA) is 134 Å². The Bertz CT molecular complexity index is 941. The number of hydrogen-bond acceptors (Lipinski definition) is 5. The number of nitriles is 1. The fraction of sp³-hybridized carbons (Fsp3) is 0.333. The molecule has 4 N–H and O–H groups in total. The van der Waals surface area contributed by atoms with Crippen LogP contribution < -0.4 is 16.4 Å². The van der Waals surface area contributed by atoms with Gasteiger partial charge in [-0.25, -0.2) is 4.79 Å². The maximum absolute atomic E-state index is 12.2. The second-order valence-electron chi connectivity index (χ2n) is 7.34. The molecule has 0 fully saturated rings. The maximum atomic E-state index is 12.2. The Kier molecular flexibility index (Phi) is 10.3. The standard InChI is InChI=1S/C24H28N4O4/c25-16-20-11-7-10-19(14-20)15-21(23(26)30)28-22(29)12-5-2-6-13-27-24(31)32-17-18-8-3-1-4-9-18/h1,3-4,7-11,14,21H,2,5-6,12-13,15,17H2,(H2,26,30)(H,27,31)(H,28,29)/t21-/m0/s1. The minimum Gasteiger partial charge on any atom is -0.445 e. The highest BCUT2D eigenvalue weighted by molar-refractivity contribution is 5.86. The summed E-state index contributed by atoms with van der Waals surface area (Å²) in [5.74, 6) is -0.889. The van der Waals surface area contributed by atoms with Crippen LogP contribution in [0.1, 0.15) is 42.4 Å². The lowest BCUT2D eigenvalue weighted by Gasteiger charge is -2.16. The van der Waals surface area contributed by atoms with Crippen molar-refractivity contribution in [1.82, 2.24) is 10.6 Å². The number of amides is 3. The van der Waals surface area contributed by atoms with Gasteiger partial charge in [-0.1, -0.05) is 48.9 Å². The predicted molar refractivity (Wildman–Crippen MR) is 119 cm³/mol. The Morgan fingerprint density at radius 2 is 1.75 bits per heavy atom. The third-order valence-electron chi connectivity index (χ3n) is 4.74. The Morgan fingerprint density at radius 1 is 1.00 bits per heavy atom. The summed E-state index contributed by atoms with van der Waals surface area (Å²) in [6.45, 7) is 0.670. The first-order chi connectivity index (χ1) is 15.5. The number of nitrogens with two attached hydrogens (primary N) is 1. The summed E-state index contributed by atoms with van der Waals surface area (Å²) in [5.41, 5.74) is 7.56. The SMILES string of the molecule is N#Cc1cccc(C[C@H](NC(=O)CCCCCNC(=O)OCc2ccccc2)C(N)=O)c1. The van der Waals surface area contributed by atoms with Crippen LogP contribution in [0.25, 0.3) is 0 Å². The fourth-order valence-corrected chi connectivity index (χ4v) is 3.04. The largest absolute Gasteiger partial charge is 0.445 e. The molecule has 0 saturated carbocycles. The van der Waals surface area contributed by atoms with Gasteiger partial charge in [0, 0.05) is 19.4 Å². The Morgan fingerprint density at radius 3 is 2.47 bits per heavy atom. The van der Waals surface area contributed by atoms with E-state index in [0.29, 0.717) is 24.9 Å². The van der Waals surface area contributed by atoms with Crippen molar-refractivity contribution in [2.75, 3.05) is 6.54 Å². The van der Waals surface area contributed by atoms with E-state index in [-0.39, 0.29) is 25.4 Å². The number of primary amides is 1. The Labute approximate surface area is 187 Å². The quantitative estimate of drug-likeness (QED) is 0.440. The molecule has 3 amide bonds. The Hall–Kier alpha value is -3.86. The number of hydrogen-bond donors (Lipinski definition) is 3. The molecule has 0 radical (unpaired) electrons. The molecule has 0 aliphatic rings. The van der Waals surface area contributed by atoms with Crippen molar-refractivity contribution in [3.05, 3.63) is 71.3 Å². The van der Waals surface area contributed by atoms with Crippen molar-refractivity contribution >= 4 is 17.9 Å². The van der Waals surface area contributed by atoms with Crippen molar-refractivity contribution in [3.8, 4) is 6.07 Å². The molecular formula is C24H28N4O4. The van der Waals surface area contributed by atoms with Crippen LogP contribution >= 0.6 is 0 Å². The summed E-state index contributed by atoms with van der Waals surface area (Å²) >= 11 is 0. The zero-order valence-corrected chi connectivity index (χ0v) is 17.9. The lowest BCUT2D eigenvalue weighted by Crippen LogP contribution is -2.45. The van der Waals surface area contributed by atoms with Gasteiger partial charge in [-0.15, -0.1) is 0 Å². The molecule has 8 nitrogen and oxygen atoms in total. The zero-order chi connectivity index (χ0) is 23.2. The molecule has 2 aromatic rings. The van der Waals surface area contributed by atoms with E-state index in [0.717, 1.165) is 17.5 Å². The third-order valence-corrected chi connectivity index (χ3v) is 4.74. The number of carbonyl (C=O) groups is 3. The van der Waals surface area contributed by atoms with E-state index in [4.69, 9.17) is 15.7 Å². The summed E-state index contributed by atoms with van der Waals surface area (Å²) in [6, 6.07) is 17.4. The van der Waals surface area contributed by atoms with Gasteiger partial charge in [0.15, 0.2) is 0 Å². The molecule has 0 bridgehead atoms. The summed E-state index contributed by atoms with van der Waals surface area (Å²) in [7, 11) is 0. The molecule has 0 spiro atoms. The van der Waals surface area contributed by atoms with Gasteiger partial charge in [0.2, 0.25) is 11.8 Å². The number of alkyl carbamates (subject to hydrolysis) is 1. The van der Waals surface area contributed by atoms with Crippen molar-refractivity contribution in [3.63, 3.8) is 0 Å². The van der Waals surface area contributed by atoms with Crippen molar-refractivity contribution in [1.29, 1.82) is 5.26 Å². The van der Waals surface area contributed by atoms with Crippen LogP contribution in [-0.4, -0.2) is 30.5 Å². The van der Waals surface area contributed by atoms with Crippen LogP contribution in [0.15, 0.2) is 54.6 Å². The molecule has 1 atom stereocenters. The van der Waals surface area contributed by atoms with Gasteiger partial charge in [-0.3, -0.25) is 9.59 Å². The number of nitrogens with zero attached hydrogens (tertiary/aromatic N) is 1. The number of nitrogens with one attached hydrogen (secondary N) is 2. The minimum atomic E-state index is -0.836. The predicted octanol–water partition coefficient (Wildman–Crippen LogP) is 2.56. The van der Waals surface area contributed by atoms with Crippen LogP contribution in [-0.2, 0) is 27.4 Å². The number of benzene rings is 2. The van der Waals surface area contributed by atoms with Crippen molar-refractivity contribution in [2.45, 2.75) is 44.8 Å². The van der Waals surface area contributed by atoms with Gasteiger partial charge in [0.05, 0.1) is 11.6 Å². The molecule has 0 aliphatic heterocycles. The molecule has 168 valence electrons. The van der Waals surface area contributed by atoms with E-state index in [1.54, 1.807) is 24.3 Å². The molecule has 0 aromatic heterocycles. The normalized spacial score (nSPS) is 11.1. The van der Waals surface area contributed by atoms with E-state index in [1.807, 2.05) is 36.4 Å². The van der Waals surface area contributed by atoms with Crippen LogP contribution in [0.2, 0.25) is 0 Å². The molecular weight excluding hydrogens is 408 g/mol. The number of unbranched alkanes of at least 4 members (excludes halogenated alkanes) is 2. The lowest BCUT2D eigenvalue weighted by molar-refractivity contribution is -0.127. The molecule has 32 heavy (non-hydrogen) atoms. The first-order valence-corrected chi connectivity index (χ1v) is 10.5. The van der Waals surface area contributed by atoms with E-state index in [1.165, 1.54) is 0 Å². The monoisotopic (exact) mass is 436 g/mol. The third kappa shape index (κ3) is 9.30. The molecule has 2 rings (SSSR count). The van der Waals surface area contributed by atoms with E-state index >= 15 is 0 Å². The Balaban J connectivity index is 1.60. The first kappa shape index (κ1) is 24.4. The summed E-state index contributed by atoms with van der Waals surface area (Å²) < 4.78 is 5.13. The maximum Gasteiger partial charge on any atom is 0.407 e. The van der Waals surface area contributed by atoms with Crippen LogP contribution in [0.5, 0.6) is 0 Å².